The summed E-state index contributed by atoms with van der Waals surface area (Å²) in [4.78, 5) is 4.64. The summed E-state index contributed by atoms with van der Waals surface area (Å²) in [6.07, 6.45) is 1.16. The number of aromatic nitrogens is 1. The molecule has 108 valence electrons. The van der Waals surface area contributed by atoms with Gasteiger partial charge in [0.05, 0.1) is 10.2 Å². The highest BCUT2D eigenvalue weighted by atomic mass is 32.2. The minimum atomic E-state index is 0.951. The summed E-state index contributed by atoms with van der Waals surface area (Å²) in [6, 6.07) is 18.9. The highest BCUT2D eigenvalue weighted by Crippen LogP contribution is 2.29. The van der Waals surface area contributed by atoms with E-state index in [0.717, 1.165) is 30.8 Å². The highest BCUT2D eigenvalue weighted by molar-refractivity contribution is 8.01. The zero-order chi connectivity index (χ0) is 14.3. The lowest BCUT2D eigenvalue weighted by Gasteiger charge is -2.03. The normalized spacial score (nSPS) is 11.0. The van der Waals surface area contributed by atoms with Crippen LogP contribution in [0.1, 0.15) is 12.0 Å². The van der Waals surface area contributed by atoms with Crippen LogP contribution in [0, 0.1) is 0 Å². The van der Waals surface area contributed by atoms with E-state index < -0.39 is 0 Å². The smallest absolute Gasteiger partial charge is 0.151 e. The lowest BCUT2D eigenvalue weighted by molar-refractivity contribution is 0.679. The van der Waals surface area contributed by atoms with E-state index in [9.17, 15) is 0 Å². The van der Waals surface area contributed by atoms with Gasteiger partial charge in [-0.05, 0) is 30.7 Å². The van der Waals surface area contributed by atoms with E-state index in [1.807, 2.05) is 17.8 Å². The van der Waals surface area contributed by atoms with Crippen molar-refractivity contribution in [2.75, 3.05) is 12.3 Å². The van der Waals surface area contributed by atoms with Crippen molar-refractivity contribution in [2.45, 2.75) is 17.3 Å². The van der Waals surface area contributed by atoms with Crippen molar-refractivity contribution < 1.29 is 0 Å². The summed E-state index contributed by atoms with van der Waals surface area (Å²) in [5, 5.41) is 3.48. The third-order valence-electron chi connectivity index (χ3n) is 3.17. The molecule has 0 saturated heterocycles. The van der Waals surface area contributed by atoms with Gasteiger partial charge in [-0.2, -0.15) is 0 Å². The minimum Gasteiger partial charge on any atom is -0.313 e. The van der Waals surface area contributed by atoms with E-state index in [1.165, 1.54) is 14.6 Å². The molecule has 0 spiro atoms. The number of hydrogen-bond donors (Lipinski definition) is 1. The van der Waals surface area contributed by atoms with Gasteiger partial charge in [0.2, 0.25) is 0 Å². The van der Waals surface area contributed by atoms with Crippen LogP contribution in [0.3, 0.4) is 0 Å². The third kappa shape index (κ3) is 4.30. The molecule has 4 heteroatoms. The van der Waals surface area contributed by atoms with Crippen LogP contribution in [-0.4, -0.2) is 17.3 Å². The highest BCUT2D eigenvalue weighted by Gasteiger charge is 2.03. The predicted octanol–water partition coefficient (Wildman–Crippen LogP) is 4.57. The van der Waals surface area contributed by atoms with Gasteiger partial charge in [0.1, 0.15) is 0 Å². The zero-order valence-corrected chi connectivity index (χ0v) is 13.4. The first-order valence-electron chi connectivity index (χ1n) is 7.15. The van der Waals surface area contributed by atoms with Crippen LogP contribution in [0.2, 0.25) is 0 Å². The Labute approximate surface area is 133 Å². The topological polar surface area (TPSA) is 24.9 Å². The molecule has 0 saturated carbocycles. The maximum Gasteiger partial charge on any atom is 0.151 e. The summed E-state index contributed by atoms with van der Waals surface area (Å²) in [5.74, 6) is 1.11. The fourth-order valence-corrected chi connectivity index (χ4v) is 4.18. The quantitative estimate of drug-likeness (QED) is 0.511. The van der Waals surface area contributed by atoms with Gasteiger partial charge < -0.3 is 5.32 Å². The molecule has 3 rings (SSSR count). The van der Waals surface area contributed by atoms with Gasteiger partial charge in [0.25, 0.3) is 0 Å². The Hall–Kier alpha value is -1.36. The molecule has 0 bridgehead atoms. The van der Waals surface area contributed by atoms with E-state index in [0.29, 0.717) is 0 Å². The predicted molar refractivity (Wildman–Crippen MR) is 93.1 cm³/mol. The Morgan fingerprint density at radius 2 is 1.81 bits per heavy atom. The minimum absolute atomic E-state index is 0.951. The van der Waals surface area contributed by atoms with Crippen molar-refractivity contribution in [3.8, 4) is 0 Å². The number of hydrogen-bond acceptors (Lipinski definition) is 4. The molecular formula is C17H18N2S2. The molecule has 1 aromatic heterocycles. The average Bonchev–Trinajstić information content (AvgIpc) is 2.94. The Morgan fingerprint density at radius 3 is 2.67 bits per heavy atom. The average molecular weight is 314 g/mol. The summed E-state index contributed by atoms with van der Waals surface area (Å²) >= 11 is 3.65. The Kier molecular flexibility index (Phi) is 5.27. The first-order valence-corrected chi connectivity index (χ1v) is 8.95. The molecular weight excluding hydrogens is 296 g/mol. The fourth-order valence-electron chi connectivity index (χ4n) is 2.10. The lowest BCUT2D eigenvalue weighted by Crippen LogP contribution is -2.15. The van der Waals surface area contributed by atoms with Crippen LogP contribution < -0.4 is 5.32 Å². The SMILES string of the molecule is c1ccc(CNCCCSc2nc3ccccc3s2)cc1. The Morgan fingerprint density at radius 1 is 1.00 bits per heavy atom. The van der Waals surface area contributed by atoms with Crippen molar-refractivity contribution in [1.82, 2.24) is 10.3 Å². The van der Waals surface area contributed by atoms with Gasteiger partial charge in [-0.3, -0.25) is 0 Å². The molecule has 0 radical (unpaired) electrons. The maximum absolute atomic E-state index is 4.64. The van der Waals surface area contributed by atoms with Crippen LogP contribution in [0.4, 0.5) is 0 Å². The third-order valence-corrected chi connectivity index (χ3v) is 5.44. The first-order chi connectivity index (χ1) is 10.4. The molecule has 21 heavy (non-hydrogen) atoms. The van der Waals surface area contributed by atoms with Crippen molar-refractivity contribution >= 4 is 33.3 Å². The standard InChI is InChI=1S/C17H18N2S2/c1-2-7-14(8-3-1)13-18-11-6-12-20-17-19-15-9-4-5-10-16(15)21-17/h1-5,7-10,18H,6,11-13H2. The maximum atomic E-state index is 4.64. The number of benzene rings is 2. The molecule has 3 aromatic rings. The van der Waals surface area contributed by atoms with Crippen molar-refractivity contribution in [3.63, 3.8) is 0 Å². The molecule has 2 nitrogen and oxygen atoms in total. The second-order valence-corrected chi connectivity index (χ2v) is 7.18. The molecule has 0 unspecified atom stereocenters. The van der Waals surface area contributed by atoms with Gasteiger partial charge in [0, 0.05) is 12.3 Å². The van der Waals surface area contributed by atoms with Crippen LogP contribution in [-0.2, 0) is 6.54 Å². The monoisotopic (exact) mass is 314 g/mol. The van der Waals surface area contributed by atoms with Crippen LogP contribution in [0.5, 0.6) is 0 Å². The number of fused-ring (bicyclic) bond motifs is 1. The number of nitrogens with one attached hydrogen (secondary N) is 1. The molecule has 0 aliphatic carbocycles. The molecule has 0 aliphatic heterocycles. The molecule has 0 amide bonds. The number of nitrogens with zero attached hydrogens (tertiary/aromatic N) is 1. The van der Waals surface area contributed by atoms with Gasteiger partial charge in [0.15, 0.2) is 4.34 Å². The molecule has 0 atom stereocenters. The van der Waals surface area contributed by atoms with Crippen LogP contribution in [0.15, 0.2) is 58.9 Å². The summed E-state index contributed by atoms with van der Waals surface area (Å²) in [6.45, 7) is 2.00. The Bertz CT molecular complexity index is 646. The molecule has 1 N–H and O–H groups in total. The van der Waals surface area contributed by atoms with Crippen molar-refractivity contribution in [1.29, 1.82) is 0 Å². The van der Waals surface area contributed by atoms with E-state index >= 15 is 0 Å². The van der Waals surface area contributed by atoms with Crippen molar-refractivity contribution in [2.24, 2.45) is 0 Å². The van der Waals surface area contributed by atoms with Gasteiger partial charge >= 0.3 is 0 Å². The summed E-state index contributed by atoms with van der Waals surface area (Å²) in [7, 11) is 0. The zero-order valence-electron chi connectivity index (χ0n) is 11.8. The van der Waals surface area contributed by atoms with E-state index in [-0.39, 0.29) is 0 Å². The van der Waals surface area contributed by atoms with Gasteiger partial charge in [-0.25, -0.2) is 4.98 Å². The van der Waals surface area contributed by atoms with E-state index in [4.69, 9.17) is 0 Å². The largest absolute Gasteiger partial charge is 0.313 e. The molecule has 0 aliphatic rings. The number of para-hydroxylation sites is 1. The molecule has 1 heterocycles. The van der Waals surface area contributed by atoms with Crippen LogP contribution >= 0.6 is 23.1 Å². The van der Waals surface area contributed by atoms with Gasteiger partial charge in [-0.15, -0.1) is 11.3 Å². The lowest BCUT2D eigenvalue weighted by atomic mass is 10.2. The van der Waals surface area contributed by atoms with E-state index in [1.54, 1.807) is 11.3 Å². The fraction of sp³-hybridized carbons (Fsp3) is 0.235. The Balaban J connectivity index is 1.36. The second-order valence-electron chi connectivity index (χ2n) is 4.81. The molecule has 2 aromatic carbocycles. The number of thioether (sulfide) groups is 1. The first kappa shape index (κ1) is 14.6. The molecule has 0 fully saturated rings. The van der Waals surface area contributed by atoms with Crippen LogP contribution in [0.25, 0.3) is 10.2 Å². The second kappa shape index (κ2) is 7.59. The van der Waals surface area contributed by atoms with E-state index in [2.05, 4.69) is 58.8 Å². The summed E-state index contributed by atoms with van der Waals surface area (Å²) in [5.41, 5.74) is 2.46. The summed E-state index contributed by atoms with van der Waals surface area (Å²) < 4.78 is 2.46. The number of thiazole rings is 1. The van der Waals surface area contributed by atoms with Gasteiger partial charge in [-0.1, -0.05) is 54.2 Å². The van der Waals surface area contributed by atoms with Crippen molar-refractivity contribution in [3.05, 3.63) is 60.2 Å². The number of rotatable bonds is 7.